The number of hydrogen-bond donors (Lipinski definition) is 0. The third kappa shape index (κ3) is 2.32. The van der Waals surface area contributed by atoms with Crippen LogP contribution >= 0.6 is 0 Å². The summed E-state index contributed by atoms with van der Waals surface area (Å²) in [4.78, 5) is 9.12. The van der Waals surface area contributed by atoms with Crippen LogP contribution in [0, 0.1) is 0 Å². The summed E-state index contributed by atoms with van der Waals surface area (Å²) in [7, 11) is -2.85. The fourth-order valence-electron chi connectivity index (χ4n) is 2.85. The largest absolute Gasteiger partial charge is 0.309 e. The van der Waals surface area contributed by atoms with Crippen molar-refractivity contribution in [2.45, 2.75) is 38.6 Å². The van der Waals surface area contributed by atoms with Crippen LogP contribution in [0.2, 0.25) is 0 Å². The average Bonchev–Trinajstić information content (AvgIpc) is 2.78. The van der Waals surface area contributed by atoms with Crippen molar-refractivity contribution < 1.29 is 8.42 Å². The molecule has 20 heavy (non-hydrogen) atoms. The Balaban J connectivity index is 2.08. The number of aromatic nitrogens is 3. The van der Waals surface area contributed by atoms with E-state index < -0.39 is 9.84 Å². The van der Waals surface area contributed by atoms with E-state index in [0.717, 1.165) is 17.0 Å². The van der Waals surface area contributed by atoms with Crippen molar-refractivity contribution in [3.63, 3.8) is 0 Å². The van der Waals surface area contributed by atoms with Gasteiger partial charge in [0.15, 0.2) is 5.65 Å². The van der Waals surface area contributed by atoms with Gasteiger partial charge in [-0.1, -0.05) is 13.8 Å². The van der Waals surface area contributed by atoms with Gasteiger partial charge in [-0.3, -0.25) is 0 Å². The zero-order valence-electron chi connectivity index (χ0n) is 11.8. The highest BCUT2D eigenvalue weighted by Crippen LogP contribution is 2.31. The highest BCUT2D eigenvalue weighted by molar-refractivity contribution is 7.91. The molecule has 6 heteroatoms. The molecule has 2 aromatic rings. The highest BCUT2D eigenvalue weighted by atomic mass is 32.2. The van der Waals surface area contributed by atoms with Gasteiger partial charge in [0, 0.05) is 18.2 Å². The van der Waals surface area contributed by atoms with Gasteiger partial charge in [-0.2, -0.15) is 0 Å². The summed E-state index contributed by atoms with van der Waals surface area (Å²) in [6, 6.07) is 4.04. The fraction of sp³-hybridized carbons (Fsp3) is 0.571. The van der Waals surface area contributed by atoms with Crippen molar-refractivity contribution >= 4 is 21.0 Å². The lowest BCUT2D eigenvalue weighted by Gasteiger charge is -2.26. The maximum absolute atomic E-state index is 11.6. The summed E-state index contributed by atoms with van der Waals surface area (Å²) in [5, 5.41) is 0. The van der Waals surface area contributed by atoms with Gasteiger partial charge in [0.05, 0.1) is 11.5 Å². The summed E-state index contributed by atoms with van der Waals surface area (Å²) in [6.07, 6.45) is 3.08. The number of hydrogen-bond acceptors (Lipinski definition) is 4. The molecule has 0 saturated carbocycles. The normalized spacial score (nSPS) is 19.8. The highest BCUT2D eigenvalue weighted by Gasteiger charge is 2.28. The fourth-order valence-corrected chi connectivity index (χ4v) is 4.32. The maximum atomic E-state index is 11.6. The third-order valence-corrected chi connectivity index (χ3v) is 5.60. The van der Waals surface area contributed by atoms with Crippen LogP contribution in [0.15, 0.2) is 18.3 Å². The minimum Gasteiger partial charge on any atom is -0.309 e. The molecule has 0 bridgehead atoms. The van der Waals surface area contributed by atoms with Crippen LogP contribution in [-0.4, -0.2) is 34.5 Å². The van der Waals surface area contributed by atoms with E-state index in [0.29, 0.717) is 18.8 Å². The van der Waals surface area contributed by atoms with Crippen LogP contribution < -0.4 is 0 Å². The lowest BCUT2D eigenvalue weighted by atomic mass is 10.1. The minimum atomic E-state index is -2.85. The molecule has 3 heterocycles. The molecule has 0 N–H and O–H groups in total. The van der Waals surface area contributed by atoms with Crippen LogP contribution in [-0.2, 0) is 9.84 Å². The molecule has 1 fully saturated rings. The third-order valence-electron chi connectivity index (χ3n) is 3.88. The van der Waals surface area contributed by atoms with Gasteiger partial charge in [0.25, 0.3) is 0 Å². The van der Waals surface area contributed by atoms with Crippen LogP contribution in [0.25, 0.3) is 11.2 Å². The molecular weight excluding hydrogens is 274 g/mol. The number of nitrogens with zero attached hydrogens (tertiary/aromatic N) is 3. The first-order valence-corrected chi connectivity index (χ1v) is 8.83. The van der Waals surface area contributed by atoms with Crippen molar-refractivity contribution in [3.05, 3.63) is 24.2 Å². The quantitative estimate of drug-likeness (QED) is 0.852. The van der Waals surface area contributed by atoms with E-state index in [2.05, 4.69) is 28.4 Å². The van der Waals surface area contributed by atoms with Gasteiger partial charge >= 0.3 is 0 Å². The first-order chi connectivity index (χ1) is 9.48. The lowest BCUT2D eigenvalue weighted by Crippen LogP contribution is -2.26. The SMILES string of the molecule is CC(C)c1nc2cccnc2n1C1CCS(=O)(=O)CC1. The summed E-state index contributed by atoms with van der Waals surface area (Å²) in [5.41, 5.74) is 1.77. The first kappa shape index (κ1) is 13.5. The molecule has 0 aromatic carbocycles. The summed E-state index contributed by atoms with van der Waals surface area (Å²) in [5.74, 6) is 1.83. The summed E-state index contributed by atoms with van der Waals surface area (Å²) in [6.45, 7) is 4.22. The number of fused-ring (bicyclic) bond motifs is 1. The molecule has 0 atom stereocenters. The van der Waals surface area contributed by atoms with Gasteiger partial charge in [-0.25, -0.2) is 18.4 Å². The van der Waals surface area contributed by atoms with Gasteiger partial charge in [0.2, 0.25) is 0 Å². The Morgan fingerprint density at radius 3 is 2.65 bits per heavy atom. The summed E-state index contributed by atoms with van der Waals surface area (Å²) < 4.78 is 25.4. The zero-order valence-corrected chi connectivity index (χ0v) is 12.6. The molecule has 3 rings (SSSR count). The Kier molecular flexibility index (Phi) is 3.28. The zero-order chi connectivity index (χ0) is 14.3. The van der Waals surface area contributed by atoms with Gasteiger partial charge in [-0.05, 0) is 25.0 Å². The van der Waals surface area contributed by atoms with Crippen LogP contribution in [0.1, 0.15) is 44.5 Å². The molecule has 5 nitrogen and oxygen atoms in total. The van der Waals surface area contributed by atoms with E-state index in [1.807, 2.05) is 12.1 Å². The molecule has 108 valence electrons. The first-order valence-electron chi connectivity index (χ1n) is 7.01. The van der Waals surface area contributed by atoms with Crippen LogP contribution in [0.3, 0.4) is 0 Å². The Morgan fingerprint density at radius 1 is 1.30 bits per heavy atom. The van der Waals surface area contributed by atoms with Crippen molar-refractivity contribution in [1.82, 2.24) is 14.5 Å². The van der Waals surface area contributed by atoms with E-state index >= 15 is 0 Å². The number of rotatable bonds is 2. The topological polar surface area (TPSA) is 64.8 Å². The molecule has 1 saturated heterocycles. The molecule has 2 aromatic heterocycles. The van der Waals surface area contributed by atoms with Crippen molar-refractivity contribution in [1.29, 1.82) is 0 Å². The van der Waals surface area contributed by atoms with Crippen molar-refractivity contribution in [2.75, 3.05) is 11.5 Å². The van der Waals surface area contributed by atoms with Gasteiger partial charge < -0.3 is 4.57 Å². The monoisotopic (exact) mass is 293 g/mol. The minimum absolute atomic E-state index is 0.191. The average molecular weight is 293 g/mol. The predicted octanol–water partition coefficient (Wildman–Crippen LogP) is 2.30. The van der Waals surface area contributed by atoms with Crippen LogP contribution in [0.5, 0.6) is 0 Å². The number of sulfone groups is 1. The molecule has 0 radical (unpaired) electrons. The molecule has 1 aliphatic rings. The second-order valence-corrected chi connectivity index (χ2v) is 8.03. The molecule has 0 spiro atoms. The Bertz CT molecular complexity index is 720. The smallest absolute Gasteiger partial charge is 0.160 e. The van der Waals surface area contributed by atoms with Crippen LogP contribution in [0.4, 0.5) is 0 Å². The Hall–Kier alpha value is -1.43. The molecule has 0 unspecified atom stereocenters. The number of pyridine rings is 1. The lowest BCUT2D eigenvalue weighted by molar-refractivity contribution is 0.438. The molecule has 0 amide bonds. The number of imidazole rings is 1. The van der Waals surface area contributed by atoms with E-state index in [1.165, 1.54) is 0 Å². The Morgan fingerprint density at radius 2 is 2.00 bits per heavy atom. The second kappa shape index (κ2) is 4.84. The summed E-state index contributed by atoms with van der Waals surface area (Å²) >= 11 is 0. The predicted molar refractivity (Wildman–Crippen MR) is 78.5 cm³/mol. The molecule has 0 aliphatic carbocycles. The van der Waals surface area contributed by atoms with E-state index in [1.54, 1.807) is 6.20 Å². The van der Waals surface area contributed by atoms with E-state index in [4.69, 9.17) is 0 Å². The molecule has 1 aliphatic heterocycles. The van der Waals surface area contributed by atoms with Crippen molar-refractivity contribution in [3.8, 4) is 0 Å². The van der Waals surface area contributed by atoms with E-state index in [9.17, 15) is 8.42 Å². The maximum Gasteiger partial charge on any atom is 0.160 e. The second-order valence-electron chi connectivity index (χ2n) is 5.72. The Labute approximate surface area is 119 Å². The molecular formula is C14H19N3O2S. The van der Waals surface area contributed by atoms with Gasteiger partial charge in [-0.15, -0.1) is 0 Å². The van der Waals surface area contributed by atoms with Gasteiger partial charge in [0.1, 0.15) is 21.2 Å². The standard InChI is InChI=1S/C14H19N3O2S/c1-10(2)13-16-12-4-3-7-15-14(12)17(13)11-5-8-20(18,19)9-6-11/h3-4,7,10-11H,5-6,8-9H2,1-2H3. The van der Waals surface area contributed by atoms with E-state index in [-0.39, 0.29) is 17.5 Å². The van der Waals surface area contributed by atoms with Crippen molar-refractivity contribution in [2.24, 2.45) is 0 Å².